The van der Waals surface area contributed by atoms with Crippen LogP contribution in [0.1, 0.15) is 38.2 Å². The van der Waals surface area contributed by atoms with Gasteiger partial charge in [-0.2, -0.15) is 0 Å². The molecule has 0 bridgehead atoms. The average Bonchev–Trinajstić information content (AvgIpc) is 3.23. The molecule has 1 aromatic carbocycles. The number of ether oxygens (including phenoxy) is 2. The number of rotatable bonds is 7. The van der Waals surface area contributed by atoms with Crippen LogP contribution >= 0.6 is 0 Å². The van der Waals surface area contributed by atoms with Crippen LogP contribution in [0.4, 0.5) is 5.69 Å². The van der Waals surface area contributed by atoms with Crippen LogP contribution < -0.4 is 20.1 Å². The zero-order chi connectivity index (χ0) is 20.8. The van der Waals surface area contributed by atoms with E-state index in [2.05, 4.69) is 15.6 Å². The summed E-state index contributed by atoms with van der Waals surface area (Å²) in [6.07, 6.45) is 5.60. The van der Waals surface area contributed by atoms with Crippen molar-refractivity contribution in [2.45, 2.75) is 45.6 Å². The fourth-order valence-electron chi connectivity index (χ4n) is 3.61. The molecule has 0 spiro atoms. The van der Waals surface area contributed by atoms with Crippen molar-refractivity contribution in [3.05, 3.63) is 42.1 Å². The predicted molar refractivity (Wildman–Crippen MR) is 110 cm³/mol. The number of benzene rings is 1. The lowest BCUT2D eigenvalue weighted by molar-refractivity contribution is -0.126. The lowest BCUT2D eigenvalue weighted by Crippen LogP contribution is -2.47. The zero-order valence-electron chi connectivity index (χ0n) is 17.0. The van der Waals surface area contributed by atoms with Gasteiger partial charge in [0.15, 0.2) is 11.5 Å². The van der Waals surface area contributed by atoms with Gasteiger partial charge < -0.3 is 20.1 Å². The SMILES string of the molecule is COc1cc(C)ccc1Oc1ccc(NC(=O)C(NC(C)=O)C2CCCC2)cn1. The van der Waals surface area contributed by atoms with Gasteiger partial charge in [-0.25, -0.2) is 4.98 Å². The number of carbonyl (C=O) groups excluding carboxylic acids is 2. The molecule has 0 saturated heterocycles. The van der Waals surface area contributed by atoms with Crippen molar-refractivity contribution in [2.75, 3.05) is 12.4 Å². The fourth-order valence-corrected chi connectivity index (χ4v) is 3.61. The Kier molecular flexibility index (Phi) is 6.69. The van der Waals surface area contributed by atoms with E-state index in [1.54, 1.807) is 19.2 Å². The van der Waals surface area contributed by atoms with Crippen molar-refractivity contribution < 1.29 is 19.1 Å². The number of aromatic nitrogens is 1. The number of carbonyl (C=O) groups is 2. The largest absolute Gasteiger partial charge is 0.493 e. The Morgan fingerprint density at radius 2 is 1.90 bits per heavy atom. The van der Waals surface area contributed by atoms with Crippen LogP contribution in [0.3, 0.4) is 0 Å². The molecule has 1 aliphatic rings. The van der Waals surface area contributed by atoms with Crippen LogP contribution in [0.25, 0.3) is 0 Å². The van der Waals surface area contributed by atoms with Gasteiger partial charge in [0.05, 0.1) is 19.0 Å². The number of anilines is 1. The normalized spacial score (nSPS) is 14.9. The highest BCUT2D eigenvalue weighted by atomic mass is 16.5. The molecule has 154 valence electrons. The Labute approximate surface area is 170 Å². The smallest absolute Gasteiger partial charge is 0.247 e. The van der Waals surface area contributed by atoms with Gasteiger partial charge in [-0.05, 0) is 49.4 Å². The van der Waals surface area contributed by atoms with E-state index in [1.807, 2.05) is 25.1 Å². The van der Waals surface area contributed by atoms with Gasteiger partial charge in [0.1, 0.15) is 6.04 Å². The first kappa shape index (κ1) is 20.6. The van der Waals surface area contributed by atoms with E-state index in [9.17, 15) is 9.59 Å². The molecule has 0 aliphatic heterocycles. The number of hydrogen-bond donors (Lipinski definition) is 2. The summed E-state index contributed by atoms with van der Waals surface area (Å²) >= 11 is 0. The average molecular weight is 397 g/mol. The van der Waals surface area contributed by atoms with Crippen LogP contribution in [-0.4, -0.2) is 29.9 Å². The molecule has 2 aromatic rings. The van der Waals surface area contributed by atoms with E-state index in [0.717, 1.165) is 31.2 Å². The molecule has 1 aromatic heterocycles. The molecule has 0 radical (unpaired) electrons. The van der Waals surface area contributed by atoms with Crippen molar-refractivity contribution >= 4 is 17.5 Å². The van der Waals surface area contributed by atoms with Gasteiger partial charge in [-0.1, -0.05) is 18.9 Å². The first-order valence-electron chi connectivity index (χ1n) is 9.83. The Bertz CT molecular complexity index is 861. The van der Waals surface area contributed by atoms with E-state index in [4.69, 9.17) is 9.47 Å². The highest BCUT2D eigenvalue weighted by molar-refractivity contribution is 5.97. The highest BCUT2D eigenvalue weighted by Gasteiger charge is 2.31. The lowest BCUT2D eigenvalue weighted by atomic mass is 9.97. The Balaban J connectivity index is 1.66. The Morgan fingerprint density at radius 1 is 1.14 bits per heavy atom. The third kappa shape index (κ3) is 5.47. The minimum absolute atomic E-state index is 0.170. The third-order valence-electron chi connectivity index (χ3n) is 5.05. The number of nitrogens with zero attached hydrogens (tertiary/aromatic N) is 1. The highest BCUT2D eigenvalue weighted by Crippen LogP contribution is 2.32. The van der Waals surface area contributed by atoms with Crippen LogP contribution in [-0.2, 0) is 9.59 Å². The van der Waals surface area contributed by atoms with Gasteiger partial charge in [0.2, 0.25) is 17.7 Å². The maximum atomic E-state index is 12.7. The zero-order valence-corrected chi connectivity index (χ0v) is 17.0. The number of aryl methyl sites for hydroxylation is 1. The van der Waals surface area contributed by atoms with E-state index < -0.39 is 6.04 Å². The van der Waals surface area contributed by atoms with Crippen molar-refractivity contribution in [3.8, 4) is 17.4 Å². The van der Waals surface area contributed by atoms with Crippen molar-refractivity contribution in [1.82, 2.24) is 10.3 Å². The maximum absolute atomic E-state index is 12.7. The molecule has 1 fully saturated rings. The second-order valence-corrected chi connectivity index (χ2v) is 7.35. The number of hydrogen-bond acceptors (Lipinski definition) is 5. The molecule has 1 aliphatic carbocycles. The van der Waals surface area contributed by atoms with Crippen molar-refractivity contribution in [2.24, 2.45) is 5.92 Å². The summed E-state index contributed by atoms with van der Waals surface area (Å²) in [7, 11) is 1.59. The van der Waals surface area contributed by atoms with E-state index in [1.165, 1.54) is 13.1 Å². The van der Waals surface area contributed by atoms with Crippen LogP contribution in [0.15, 0.2) is 36.5 Å². The Morgan fingerprint density at radius 3 is 2.52 bits per heavy atom. The molecule has 29 heavy (non-hydrogen) atoms. The predicted octanol–water partition coefficient (Wildman–Crippen LogP) is 3.82. The molecule has 1 saturated carbocycles. The van der Waals surface area contributed by atoms with E-state index in [0.29, 0.717) is 23.1 Å². The summed E-state index contributed by atoms with van der Waals surface area (Å²) in [6.45, 7) is 3.41. The summed E-state index contributed by atoms with van der Waals surface area (Å²) in [5.41, 5.74) is 1.61. The summed E-state index contributed by atoms with van der Waals surface area (Å²) in [4.78, 5) is 28.5. The molecule has 1 atom stereocenters. The van der Waals surface area contributed by atoms with Crippen LogP contribution in [0, 0.1) is 12.8 Å². The monoisotopic (exact) mass is 397 g/mol. The fraction of sp³-hybridized carbons (Fsp3) is 0.409. The van der Waals surface area contributed by atoms with Crippen molar-refractivity contribution in [1.29, 1.82) is 0 Å². The first-order chi connectivity index (χ1) is 14.0. The molecule has 2 N–H and O–H groups in total. The number of amides is 2. The number of methoxy groups -OCH3 is 1. The van der Waals surface area contributed by atoms with Crippen LogP contribution in [0.5, 0.6) is 17.4 Å². The minimum atomic E-state index is -0.525. The molecule has 3 rings (SSSR count). The third-order valence-corrected chi connectivity index (χ3v) is 5.05. The number of nitrogens with one attached hydrogen (secondary N) is 2. The molecule has 1 unspecified atom stereocenters. The summed E-state index contributed by atoms with van der Waals surface area (Å²) in [5.74, 6) is 1.32. The summed E-state index contributed by atoms with van der Waals surface area (Å²) in [6, 6.07) is 8.51. The van der Waals surface area contributed by atoms with Gasteiger partial charge in [-0.15, -0.1) is 0 Å². The Hall–Kier alpha value is -3.09. The summed E-state index contributed by atoms with van der Waals surface area (Å²) in [5, 5.41) is 5.64. The van der Waals surface area contributed by atoms with Gasteiger partial charge >= 0.3 is 0 Å². The standard InChI is InChI=1S/C22H27N3O4/c1-14-8-10-18(19(12-14)28-3)29-20-11-9-17(13-23-20)25-22(27)21(24-15(2)26)16-6-4-5-7-16/h8-13,16,21H,4-7H2,1-3H3,(H,24,26)(H,25,27). The molecular weight excluding hydrogens is 370 g/mol. The van der Waals surface area contributed by atoms with Crippen LogP contribution in [0.2, 0.25) is 0 Å². The lowest BCUT2D eigenvalue weighted by Gasteiger charge is -2.23. The van der Waals surface area contributed by atoms with E-state index >= 15 is 0 Å². The van der Waals surface area contributed by atoms with Crippen molar-refractivity contribution in [3.63, 3.8) is 0 Å². The second-order valence-electron chi connectivity index (χ2n) is 7.35. The topological polar surface area (TPSA) is 89.5 Å². The molecule has 7 nitrogen and oxygen atoms in total. The maximum Gasteiger partial charge on any atom is 0.247 e. The molecular formula is C22H27N3O4. The summed E-state index contributed by atoms with van der Waals surface area (Å²) < 4.78 is 11.1. The quantitative estimate of drug-likeness (QED) is 0.741. The number of pyridine rings is 1. The minimum Gasteiger partial charge on any atom is -0.493 e. The molecule has 1 heterocycles. The van der Waals surface area contributed by atoms with Gasteiger partial charge in [0, 0.05) is 13.0 Å². The van der Waals surface area contributed by atoms with E-state index in [-0.39, 0.29) is 17.7 Å². The van der Waals surface area contributed by atoms with Gasteiger partial charge in [0.25, 0.3) is 0 Å². The first-order valence-corrected chi connectivity index (χ1v) is 9.83. The molecule has 2 amide bonds. The van der Waals surface area contributed by atoms with Gasteiger partial charge in [-0.3, -0.25) is 9.59 Å². The second kappa shape index (κ2) is 9.41. The molecule has 7 heteroatoms.